The number of nitrogens with two attached hydrogens (primary N) is 1. The first-order chi connectivity index (χ1) is 7.00. The third-order valence-electron chi connectivity index (χ3n) is 1.90. The lowest BCUT2D eigenvalue weighted by Gasteiger charge is -2.12. The van der Waals surface area contributed by atoms with Crippen LogP contribution in [0.25, 0.3) is 0 Å². The van der Waals surface area contributed by atoms with Gasteiger partial charge in [-0.3, -0.25) is 10.1 Å². The van der Waals surface area contributed by atoms with Crippen LogP contribution in [0.5, 0.6) is 0 Å². The second-order valence-electron chi connectivity index (χ2n) is 2.93. The first-order valence-electron chi connectivity index (χ1n) is 4.25. The third kappa shape index (κ3) is 2.94. The Kier molecular flexibility index (Phi) is 5.43. The summed E-state index contributed by atoms with van der Waals surface area (Å²) < 4.78 is 23.7. The summed E-state index contributed by atoms with van der Waals surface area (Å²) in [6, 6.07) is 7.70. The zero-order valence-corrected chi connectivity index (χ0v) is 10.2. The van der Waals surface area contributed by atoms with E-state index >= 15 is 0 Å². The maximum Gasteiger partial charge on any atom is 0.250 e. The molecule has 16 heavy (non-hydrogen) atoms. The molecular formula is C9H13ClN2O3S. The normalized spacial score (nSPS) is 12.6. The van der Waals surface area contributed by atoms with Gasteiger partial charge in [0.2, 0.25) is 9.84 Å². The number of nitrogens with one attached hydrogen (secondary N) is 1. The molecule has 90 valence electrons. The lowest BCUT2D eigenvalue weighted by Crippen LogP contribution is -2.45. The summed E-state index contributed by atoms with van der Waals surface area (Å²) in [7, 11) is -2.37. The van der Waals surface area contributed by atoms with Crippen LogP contribution >= 0.6 is 12.4 Å². The highest BCUT2D eigenvalue weighted by atomic mass is 35.5. The van der Waals surface area contributed by atoms with Gasteiger partial charge in [0, 0.05) is 0 Å². The molecule has 0 aliphatic carbocycles. The van der Waals surface area contributed by atoms with Crippen molar-refractivity contribution in [2.24, 2.45) is 5.73 Å². The maximum absolute atomic E-state index is 11.8. The Morgan fingerprint density at radius 3 is 2.19 bits per heavy atom. The van der Waals surface area contributed by atoms with Crippen LogP contribution in [0, 0.1) is 0 Å². The van der Waals surface area contributed by atoms with E-state index in [-0.39, 0.29) is 17.3 Å². The molecule has 0 fully saturated rings. The number of carbonyl (C=O) groups is 1. The van der Waals surface area contributed by atoms with Gasteiger partial charge in [-0.05, 0) is 19.2 Å². The van der Waals surface area contributed by atoms with Crippen LogP contribution in [0.15, 0.2) is 35.2 Å². The molecule has 1 rings (SSSR count). The number of sulfone groups is 1. The highest BCUT2D eigenvalue weighted by Crippen LogP contribution is 2.13. The fourth-order valence-electron chi connectivity index (χ4n) is 1.20. The average Bonchev–Trinajstić information content (AvgIpc) is 2.19. The molecule has 1 amide bonds. The molecule has 7 heteroatoms. The van der Waals surface area contributed by atoms with Crippen LogP contribution in [0.3, 0.4) is 0 Å². The molecule has 0 saturated heterocycles. The van der Waals surface area contributed by atoms with Crippen molar-refractivity contribution < 1.29 is 13.2 Å². The number of halogens is 1. The summed E-state index contributed by atoms with van der Waals surface area (Å²) >= 11 is 0. The minimum Gasteiger partial charge on any atom is -0.367 e. The molecule has 0 aromatic heterocycles. The van der Waals surface area contributed by atoms with Gasteiger partial charge in [0.1, 0.15) is 0 Å². The predicted molar refractivity (Wildman–Crippen MR) is 62.9 cm³/mol. The number of benzene rings is 1. The molecular weight excluding hydrogens is 252 g/mol. The van der Waals surface area contributed by atoms with Crippen LogP contribution in [0.1, 0.15) is 0 Å². The molecule has 3 N–H and O–H groups in total. The summed E-state index contributed by atoms with van der Waals surface area (Å²) in [6.45, 7) is 0. The Morgan fingerprint density at radius 2 is 1.81 bits per heavy atom. The highest BCUT2D eigenvalue weighted by molar-refractivity contribution is 7.92. The van der Waals surface area contributed by atoms with E-state index in [1.807, 2.05) is 0 Å². The molecule has 1 unspecified atom stereocenters. The van der Waals surface area contributed by atoms with Gasteiger partial charge < -0.3 is 5.73 Å². The van der Waals surface area contributed by atoms with Crippen molar-refractivity contribution in [3.05, 3.63) is 30.3 Å². The van der Waals surface area contributed by atoms with E-state index in [0.29, 0.717) is 0 Å². The van der Waals surface area contributed by atoms with Crippen molar-refractivity contribution in [2.45, 2.75) is 10.3 Å². The Labute approximate surface area is 100 Å². The topological polar surface area (TPSA) is 89.3 Å². The number of hydrogen-bond donors (Lipinski definition) is 2. The van der Waals surface area contributed by atoms with Gasteiger partial charge in [0.25, 0.3) is 5.91 Å². The summed E-state index contributed by atoms with van der Waals surface area (Å²) in [5, 5.41) is 0.989. The number of primary amides is 1. The van der Waals surface area contributed by atoms with Gasteiger partial charge in [0.05, 0.1) is 4.90 Å². The Balaban J connectivity index is 0.00000225. The van der Waals surface area contributed by atoms with E-state index in [9.17, 15) is 13.2 Å². The number of amides is 1. The van der Waals surface area contributed by atoms with E-state index in [2.05, 4.69) is 5.32 Å². The third-order valence-corrected chi connectivity index (χ3v) is 3.92. The van der Waals surface area contributed by atoms with Gasteiger partial charge >= 0.3 is 0 Å². The molecule has 0 saturated carbocycles. The lowest BCUT2D eigenvalue weighted by molar-refractivity contribution is -0.118. The van der Waals surface area contributed by atoms with E-state index in [1.165, 1.54) is 19.2 Å². The van der Waals surface area contributed by atoms with Crippen LogP contribution in [0.2, 0.25) is 0 Å². The molecule has 1 atom stereocenters. The molecule has 5 nitrogen and oxygen atoms in total. The maximum atomic E-state index is 11.8. The van der Waals surface area contributed by atoms with Gasteiger partial charge in [-0.2, -0.15) is 0 Å². The van der Waals surface area contributed by atoms with Gasteiger partial charge in [-0.1, -0.05) is 18.2 Å². The molecule has 0 aliphatic heterocycles. The molecule has 0 spiro atoms. The van der Waals surface area contributed by atoms with E-state index in [1.54, 1.807) is 18.2 Å². The lowest BCUT2D eigenvalue weighted by atomic mass is 10.4. The molecule has 0 radical (unpaired) electrons. The quantitative estimate of drug-likeness (QED) is 0.796. The van der Waals surface area contributed by atoms with Crippen molar-refractivity contribution in [3.63, 3.8) is 0 Å². The van der Waals surface area contributed by atoms with Gasteiger partial charge in [-0.25, -0.2) is 8.42 Å². The second-order valence-corrected chi connectivity index (χ2v) is 4.96. The average molecular weight is 265 g/mol. The van der Waals surface area contributed by atoms with Gasteiger partial charge in [0.15, 0.2) is 5.37 Å². The summed E-state index contributed by atoms with van der Waals surface area (Å²) in [4.78, 5) is 11.0. The molecule has 1 aromatic rings. The smallest absolute Gasteiger partial charge is 0.250 e. The van der Waals surface area contributed by atoms with Crippen molar-refractivity contribution in [3.8, 4) is 0 Å². The first-order valence-corrected chi connectivity index (χ1v) is 5.80. The fourth-order valence-corrected chi connectivity index (χ4v) is 2.62. The fraction of sp³-hybridized carbons (Fsp3) is 0.222. The first kappa shape index (κ1) is 14.9. The molecule has 0 heterocycles. The van der Waals surface area contributed by atoms with Gasteiger partial charge in [-0.15, -0.1) is 12.4 Å². The zero-order valence-electron chi connectivity index (χ0n) is 8.58. The SMILES string of the molecule is CNC(C(N)=O)S(=O)(=O)c1ccccc1.Cl. The van der Waals surface area contributed by atoms with Crippen molar-refractivity contribution in [1.29, 1.82) is 0 Å². The standard InChI is InChI=1S/C9H12N2O3S.ClH/c1-11-9(8(10)12)15(13,14)7-5-3-2-4-6-7;/h2-6,9,11H,1H3,(H2,10,12);1H. The summed E-state index contributed by atoms with van der Waals surface area (Å²) in [5.41, 5.74) is 4.99. The minimum atomic E-state index is -3.74. The number of hydrogen-bond acceptors (Lipinski definition) is 4. The Hall–Kier alpha value is -1.11. The minimum absolute atomic E-state index is 0. The number of likely N-dealkylation sites (N-methyl/N-ethyl adjacent to an activating group) is 1. The Bertz CT molecular complexity index is 447. The number of carbonyl (C=O) groups excluding carboxylic acids is 1. The van der Waals surface area contributed by atoms with Crippen LogP contribution in [-0.4, -0.2) is 26.7 Å². The Morgan fingerprint density at radius 1 is 1.31 bits per heavy atom. The zero-order chi connectivity index (χ0) is 11.5. The van der Waals surface area contributed by atoms with Crippen molar-refractivity contribution in [2.75, 3.05) is 7.05 Å². The summed E-state index contributed by atoms with van der Waals surface area (Å²) in [5.74, 6) is -0.915. The van der Waals surface area contributed by atoms with Crippen molar-refractivity contribution in [1.82, 2.24) is 5.32 Å². The van der Waals surface area contributed by atoms with E-state index < -0.39 is 21.1 Å². The van der Waals surface area contributed by atoms with Crippen LogP contribution < -0.4 is 11.1 Å². The van der Waals surface area contributed by atoms with Crippen molar-refractivity contribution >= 4 is 28.2 Å². The van der Waals surface area contributed by atoms with E-state index in [0.717, 1.165) is 0 Å². The van der Waals surface area contributed by atoms with Crippen LogP contribution in [-0.2, 0) is 14.6 Å². The second kappa shape index (κ2) is 5.83. The summed E-state index contributed by atoms with van der Waals surface area (Å²) in [6.07, 6.45) is 0. The predicted octanol–water partition coefficient (Wildman–Crippen LogP) is -0.0871. The highest BCUT2D eigenvalue weighted by Gasteiger charge is 2.30. The number of rotatable bonds is 4. The monoisotopic (exact) mass is 264 g/mol. The molecule has 0 bridgehead atoms. The van der Waals surface area contributed by atoms with E-state index in [4.69, 9.17) is 5.73 Å². The molecule has 0 aliphatic rings. The largest absolute Gasteiger partial charge is 0.367 e. The van der Waals surface area contributed by atoms with Crippen LogP contribution in [0.4, 0.5) is 0 Å². The molecule has 1 aromatic carbocycles.